The van der Waals surface area contributed by atoms with Gasteiger partial charge in [0.05, 0.1) is 52.9 Å². The van der Waals surface area contributed by atoms with Gasteiger partial charge in [-0.05, 0) is 62.4 Å². The maximum atomic E-state index is 13.0. The molecule has 180 valence electrons. The van der Waals surface area contributed by atoms with E-state index in [1.807, 2.05) is 13.8 Å². The number of ether oxygens (including phenoxy) is 2. The van der Waals surface area contributed by atoms with Crippen molar-refractivity contribution in [2.24, 2.45) is 0 Å². The van der Waals surface area contributed by atoms with Gasteiger partial charge in [-0.3, -0.25) is 9.52 Å². The molecular formula is C25H24N4O5S. The van der Waals surface area contributed by atoms with E-state index in [2.05, 4.69) is 20.0 Å². The van der Waals surface area contributed by atoms with Crippen LogP contribution in [0.1, 0.15) is 21.7 Å². The second-order valence-corrected chi connectivity index (χ2v) is 9.40. The number of para-hydroxylation sites is 2. The normalized spacial score (nSPS) is 11.2. The number of rotatable bonds is 7. The third-order valence-electron chi connectivity index (χ3n) is 5.42. The van der Waals surface area contributed by atoms with Crippen LogP contribution in [0.2, 0.25) is 0 Å². The van der Waals surface area contributed by atoms with Crippen LogP contribution < -0.4 is 19.5 Å². The van der Waals surface area contributed by atoms with Crippen molar-refractivity contribution < 1.29 is 22.7 Å². The molecule has 0 aliphatic carbocycles. The Hall–Kier alpha value is -4.18. The van der Waals surface area contributed by atoms with Crippen molar-refractivity contribution in [2.45, 2.75) is 18.7 Å². The number of hydrogen-bond donors (Lipinski definition) is 2. The predicted molar refractivity (Wildman–Crippen MR) is 134 cm³/mol. The van der Waals surface area contributed by atoms with E-state index in [9.17, 15) is 13.2 Å². The third kappa shape index (κ3) is 5.02. The summed E-state index contributed by atoms with van der Waals surface area (Å²) in [5, 5.41) is 2.74. The highest BCUT2D eigenvalue weighted by Crippen LogP contribution is 2.31. The minimum absolute atomic E-state index is 0.0602. The molecule has 0 fully saturated rings. The predicted octanol–water partition coefficient (Wildman–Crippen LogP) is 4.32. The first-order chi connectivity index (χ1) is 16.7. The zero-order valence-corrected chi connectivity index (χ0v) is 20.4. The molecule has 0 aliphatic heterocycles. The van der Waals surface area contributed by atoms with Gasteiger partial charge in [-0.1, -0.05) is 12.1 Å². The molecule has 35 heavy (non-hydrogen) atoms. The van der Waals surface area contributed by atoms with E-state index in [0.717, 1.165) is 11.4 Å². The lowest BCUT2D eigenvalue weighted by molar-refractivity contribution is 0.102. The standard InChI is InChI=1S/C25H24N4O5S/c1-15-16(2)27-21-13-17(9-11-19(21)26-15)25(30)28-22-14-18(10-12-24(22)34-4)35(31,32)29-20-7-5-6-8-23(20)33-3/h5-14,29H,1-4H3,(H,28,30). The largest absolute Gasteiger partial charge is 0.495 e. The number of aromatic nitrogens is 2. The van der Waals surface area contributed by atoms with Crippen molar-refractivity contribution in [1.82, 2.24) is 9.97 Å². The summed E-state index contributed by atoms with van der Waals surface area (Å²) in [6.07, 6.45) is 0. The van der Waals surface area contributed by atoms with Gasteiger partial charge < -0.3 is 14.8 Å². The van der Waals surface area contributed by atoms with Gasteiger partial charge in [0.25, 0.3) is 15.9 Å². The topological polar surface area (TPSA) is 120 Å². The molecule has 1 amide bonds. The average Bonchev–Trinajstić information content (AvgIpc) is 2.84. The number of hydrogen-bond acceptors (Lipinski definition) is 7. The summed E-state index contributed by atoms with van der Waals surface area (Å²) in [4.78, 5) is 21.9. The van der Waals surface area contributed by atoms with Gasteiger partial charge in [0, 0.05) is 5.56 Å². The number of aryl methyl sites for hydroxylation is 2. The summed E-state index contributed by atoms with van der Waals surface area (Å²) < 4.78 is 39.2. The molecule has 3 aromatic carbocycles. The van der Waals surface area contributed by atoms with Crippen LogP contribution in [0.3, 0.4) is 0 Å². The number of anilines is 2. The van der Waals surface area contributed by atoms with Crippen LogP contribution in [-0.4, -0.2) is 38.5 Å². The molecule has 4 rings (SSSR count). The van der Waals surface area contributed by atoms with E-state index in [4.69, 9.17) is 9.47 Å². The maximum Gasteiger partial charge on any atom is 0.262 e. The zero-order valence-electron chi connectivity index (χ0n) is 19.6. The summed E-state index contributed by atoms with van der Waals surface area (Å²) >= 11 is 0. The van der Waals surface area contributed by atoms with Gasteiger partial charge in [0.1, 0.15) is 11.5 Å². The van der Waals surface area contributed by atoms with Crippen molar-refractivity contribution in [1.29, 1.82) is 0 Å². The lowest BCUT2D eigenvalue weighted by Crippen LogP contribution is -2.16. The van der Waals surface area contributed by atoms with Crippen LogP contribution in [0, 0.1) is 13.8 Å². The molecule has 0 unspecified atom stereocenters. The quantitative estimate of drug-likeness (QED) is 0.394. The Kier molecular flexibility index (Phi) is 6.57. The van der Waals surface area contributed by atoms with E-state index >= 15 is 0 Å². The highest BCUT2D eigenvalue weighted by molar-refractivity contribution is 7.92. The molecule has 10 heteroatoms. The molecule has 2 N–H and O–H groups in total. The van der Waals surface area contributed by atoms with Crippen LogP contribution in [0.5, 0.6) is 11.5 Å². The number of sulfonamides is 1. The van der Waals surface area contributed by atoms with Crippen molar-refractivity contribution in [3.05, 3.63) is 77.6 Å². The van der Waals surface area contributed by atoms with Crippen LogP contribution in [0.15, 0.2) is 65.6 Å². The Labute approximate surface area is 203 Å². The van der Waals surface area contributed by atoms with Crippen LogP contribution >= 0.6 is 0 Å². The smallest absolute Gasteiger partial charge is 0.262 e. The highest BCUT2D eigenvalue weighted by atomic mass is 32.2. The van der Waals surface area contributed by atoms with Crippen LogP contribution in [0.4, 0.5) is 11.4 Å². The van der Waals surface area contributed by atoms with Crippen molar-refractivity contribution in [2.75, 3.05) is 24.3 Å². The van der Waals surface area contributed by atoms with Gasteiger partial charge in [-0.25, -0.2) is 18.4 Å². The minimum atomic E-state index is -3.99. The minimum Gasteiger partial charge on any atom is -0.495 e. The number of carbonyl (C=O) groups excluding carboxylic acids is 1. The van der Waals surface area contributed by atoms with E-state index in [1.165, 1.54) is 32.4 Å². The van der Waals surface area contributed by atoms with Crippen LogP contribution in [-0.2, 0) is 10.0 Å². The van der Waals surface area contributed by atoms with Crippen molar-refractivity contribution in [3.8, 4) is 11.5 Å². The lowest BCUT2D eigenvalue weighted by Gasteiger charge is -2.15. The van der Waals surface area contributed by atoms with E-state index in [0.29, 0.717) is 33.8 Å². The Morgan fingerprint density at radius 1 is 0.800 bits per heavy atom. The maximum absolute atomic E-state index is 13.0. The van der Waals surface area contributed by atoms with Gasteiger partial charge in [-0.2, -0.15) is 0 Å². The van der Waals surface area contributed by atoms with Gasteiger partial charge in [-0.15, -0.1) is 0 Å². The van der Waals surface area contributed by atoms with Crippen molar-refractivity contribution in [3.63, 3.8) is 0 Å². The summed E-state index contributed by atoms with van der Waals surface area (Å²) in [6.45, 7) is 3.73. The molecule has 0 spiro atoms. The molecule has 0 saturated carbocycles. The van der Waals surface area contributed by atoms with E-state index in [-0.39, 0.29) is 10.6 Å². The molecule has 1 aromatic heterocycles. The van der Waals surface area contributed by atoms with Crippen LogP contribution in [0.25, 0.3) is 11.0 Å². The average molecular weight is 493 g/mol. The molecular weight excluding hydrogens is 468 g/mol. The lowest BCUT2D eigenvalue weighted by atomic mass is 10.1. The number of benzene rings is 3. The van der Waals surface area contributed by atoms with E-state index < -0.39 is 15.9 Å². The Morgan fingerprint density at radius 2 is 1.46 bits per heavy atom. The SMILES string of the molecule is COc1ccc(S(=O)(=O)Nc2ccccc2OC)cc1NC(=O)c1ccc2nc(C)c(C)nc2c1. The monoisotopic (exact) mass is 492 g/mol. The molecule has 0 atom stereocenters. The Bertz CT molecular complexity index is 1540. The zero-order chi connectivity index (χ0) is 25.2. The second-order valence-electron chi connectivity index (χ2n) is 7.72. The fourth-order valence-electron chi connectivity index (χ4n) is 3.45. The number of amides is 1. The number of nitrogens with zero attached hydrogens (tertiary/aromatic N) is 2. The first-order valence-corrected chi connectivity index (χ1v) is 12.1. The molecule has 0 saturated heterocycles. The summed E-state index contributed by atoms with van der Waals surface area (Å²) in [6, 6.07) is 15.9. The van der Waals surface area contributed by atoms with Gasteiger partial charge >= 0.3 is 0 Å². The van der Waals surface area contributed by atoms with E-state index in [1.54, 1.807) is 42.5 Å². The summed E-state index contributed by atoms with van der Waals surface area (Å²) in [5.74, 6) is 0.238. The highest BCUT2D eigenvalue weighted by Gasteiger charge is 2.20. The number of nitrogens with one attached hydrogen (secondary N) is 2. The molecule has 4 aromatic rings. The number of carbonyl (C=O) groups is 1. The first kappa shape index (κ1) is 24.0. The van der Waals surface area contributed by atoms with Gasteiger partial charge in [0.15, 0.2) is 0 Å². The fourth-order valence-corrected chi connectivity index (χ4v) is 4.55. The third-order valence-corrected chi connectivity index (χ3v) is 6.78. The first-order valence-electron chi connectivity index (χ1n) is 10.6. The Morgan fingerprint density at radius 3 is 2.17 bits per heavy atom. The summed E-state index contributed by atoms with van der Waals surface area (Å²) in [7, 11) is -1.10. The molecule has 9 nitrogen and oxygen atoms in total. The van der Waals surface area contributed by atoms with Crippen molar-refractivity contribution >= 4 is 38.3 Å². The molecule has 0 radical (unpaired) electrons. The second kappa shape index (κ2) is 9.59. The van der Waals surface area contributed by atoms with Gasteiger partial charge in [0.2, 0.25) is 0 Å². The molecule has 0 bridgehead atoms. The summed E-state index contributed by atoms with van der Waals surface area (Å²) in [5.41, 5.74) is 3.70. The molecule has 0 aliphatic rings. The number of methoxy groups -OCH3 is 2. The molecule has 1 heterocycles. The fraction of sp³-hybridized carbons (Fsp3) is 0.160. The number of fused-ring (bicyclic) bond motifs is 1. The Balaban J connectivity index is 1.64.